The summed E-state index contributed by atoms with van der Waals surface area (Å²) in [6.45, 7) is 2.42. The molecule has 9 heteroatoms. The highest BCUT2D eigenvalue weighted by Crippen LogP contribution is 2.20. The molecule has 1 amide bonds. The van der Waals surface area contributed by atoms with Crippen LogP contribution in [0.25, 0.3) is 0 Å². The van der Waals surface area contributed by atoms with Gasteiger partial charge >= 0.3 is 0 Å². The molecular weight excluding hydrogens is 430 g/mol. The van der Waals surface area contributed by atoms with Gasteiger partial charge in [-0.2, -0.15) is 4.31 Å². The molecule has 1 heterocycles. The van der Waals surface area contributed by atoms with Crippen molar-refractivity contribution in [2.75, 3.05) is 44.3 Å². The Hall–Kier alpha value is -1.58. The molecule has 0 bridgehead atoms. The highest BCUT2D eigenvalue weighted by atomic mass is 35.5. The average molecular weight is 454 g/mol. The van der Waals surface area contributed by atoms with Crippen molar-refractivity contribution >= 4 is 45.0 Å². The number of halogens is 1. The number of hydrogen-bond acceptors (Lipinski definition) is 5. The van der Waals surface area contributed by atoms with Gasteiger partial charge in [0.2, 0.25) is 15.9 Å². The first-order chi connectivity index (χ1) is 13.8. The first kappa shape index (κ1) is 22.1. The third kappa shape index (κ3) is 6.20. The predicted octanol–water partition coefficient (Wildman–Crippen LogP) is 3.15. The van der Waals surface area contributed by atoms with E-state index in [4.69, 9.17) is 11.6 Å². The molecule has 0 atom stereocenters. The first-order valence-corrected chi connectivity index (χ1v) is 12.2. The van der Waals surface area contributed by atoms with Crippen LogP contribution in [0.5, 0.6) is 0 Å². The van der Waals surface area contributed by atoms with Gasteiger partial charge in [-0.3, -0.25) is 4.79 Å². The maximum Gasteiger partial charge on any atom is 0.243 e. The van der Waals surface area contributed by atoms with E-state index in [0.29, 0.717) is 35.3 Å². The molecule has 1 saturated heterocycles. The molecular formula is C20H24ClN3O3S2. The fourth-order valence-corrected chi connectivity index (χ4v) is 5.26. The normalized spacial score (nSPS) is 15.9. The Kier molecular flexibility index (Phi) is 7.59. The minimum absolute atomic E-state index is 0.126. The second kappa shape index (κ2) is 9.95. The van der Waals surface area contributed by atoms with E-state index in [2.05, 4.69) is 10.2 Å². The summed E-state index contributed by atoms with van der Waals surface area (Å²) in [7, 11) is -1.52. The second-order valence-electron chi connectivity index (χ2n) is 6.90. The molecule has 6 nitrogen and oxygen atoms in total. The molecule has 1 aliphatic rings. The summed E-state index contributed by atoms with van der Waals surface area (Å²) in [6, 6.07) is 13.9. The number of thioether (sulfide) groups is 1. The summed E-state index contributed by atoms with van der Waals surface area (Å²) in [4.78, 5) is 14.5. The van der Waals surface area contributed by atoms with Gasteiger partial charge in [-0.1, -0.05) is 23.7 Å². The molecule has 0 aliphatic carbocycles. The van der Waals surface area contributed by atoms with E-state index in [-0.39, 0.29) is 10.8 Å². The standard InChI is InChI=1S/C20H24ClN3O3S2/c1-23-10-12-24(13-11-23)29(26,27)19-8-6-18(7-9-19)22-20(25)15-28-14-16-2-4-17(21)5-3-16/h2-9H,10-15H2,1H3,(H,22,25). The molecule has 2 aromatic carbocycles. The minimum Gasteiger partial charge on any atom is -0.325 e. The van der Waals surface area contributed by atoms with Gasteiger partial charge in [0, 0.05) is 42.6 Å². The van der Waals surface area contributed by atoms with Gasteiger partial charge in [-0.05, 0) is 49.0 Å². The third-order valence-electron chi connectivity index (χ3n) is 4.65. The lowest BCUT2D eigenvalue weighted by molar-refractivity contribution is -0.113. The van der Waals surface area contributed by atoms with Crippen molar-refractivity contribution in [2.45, 2.75) is 10.6 Å². The van der Waals surface area contributed by atoms with Gasteiger partial charge < -0.3 is 10.2 Å². The minimum atomic E-state index is -3.50. The van der Waals surface area contributed by atoms with Crippen LogP contribution in [0, 0.1) is 0 Å². The monoisotopic (exact) mass is 453 g/mol. The number of likely N-dealkylation sites (N-methyl/N-ethyl adjacent to an activating group) is 1. The Bertz CT molecular complexity index is 926. The lowest BCUT2D eigenvalue weighted by Crippen LogP contribution is -2.46. The van der Waals surface area contributed by atoms with E-state index in [1.54, 1.807) is 24.3 Å². The Morgan fingerprint density at radius 1 is 1.03 bits per heavy atom. The largest absolute Gasteiger partial charge is 0.325 e. The SMILES string of the molecule is CN1CCN(S(=O)(=O)c2ccc(NC(=O)CSCc3ccc(Cl)cc3)cc2)CC1. The van der Waals surface area contributed by atoms with Gasteiger partial charge in [-0.15, -0.1) is 11.8 Å². The van der Waals surface area contributed by atoms with Gasteiger partial charge in [0.1, 0.15) is 0 Å². The van der Waals surface area contributed by atoms with Crippen LogP contribution in [0.2, 0.25) is 5.02 Å². The van der Waals surface area contributed by atoms with E-state index >= 15 is 0 Å². The molecule has 2 aromatic rings. The van der Waals surface area contributed by atoms with Gasteiger partial charge in [-0.25, -0.2) is 8.42 Å². The van der Waals surface area contributed by atoms with E-state index in [0.717, 1.165) is 18.7 Å². The number of amides is 1. The number of hydrogen-bond donors (Lipinski definition) is 1. The molecule has 0 unspecified atom stereocenters. The molecule has 1 fully saturated rings. The zero-order valence-corrected chi connectivity index (χ0v) is 18.6. The van der Waals surface area contributed by atoms with Crippen LogP contribution in [0.4, 0.5) is 5.69 Å². The summed E-state index contributed by atoms with van der Waals surface area (Å²) in [5.41, 5.74) is 1.69. The maximum absolute atomic E-state index is 12.7. The fraction of sp³-hybridized carbons (Fsp3) is 0.350. The van der Waals surface area contributed by atoms with Crippen LogP contribution in [0.1, 0.15) is 5.56 Å². The van der Waals surface area contributed by atoms with Crippen molar-refractivity contribution in [2.24, 2.45) is 0 Å². The molecule has 0 aromatic heterocycles. The lowest BCUT2D eigenvalue weighted by atomic mass is 10.2. The number of carbonyl (C=O) groups excluding carboxylic acids is 1. The third-order valence-corrected chi connectivity index (χ3v) is 7.82. The van der Waals surface area contributed by atoms with Crippen molar-refractivity contribution in [1.29, 1.82) is 0 Å². The zero-order valence-electron chi connectivity index (χ0n) is 16.2. The molecule has 1 aliphatic heterocycles. The van der Waals surface area contributed by atoms with E-state index in [1.807, 2.05) is 31.3 Å². The fourth-order valence-electron chi connectivity index (χ4n) is 2.93. The van der Waals surface area contributed by atoms with E-state index in [1.165, 1.54) is 16.1 Å². The molecule has 156 valence electrons. The molecule has 0 radical (unpaired) electrons. The number of sulfonamides is 1. The highest BCUT2D eigenvalue weighted by Gasteiger charge is 2.27. The number of carbonyl (C=O) groups is 1. The van der Waals surface area contributed by atoms with Crippen LogP contribution in [0.3, 0.4) is 0 Å². The molecule has 3 rings (SSSR count). The summed E-state index contributed by atoms with van der Waals surface area (Å²) in [6.07, 6.45) is 0. The zero-order chi connectivity index (χ0) is 20.9. The number of rotatable bonds is 7. The smallest absolute Gasteiger partial charge is 0.243 e. The molecule has 29 heavy (non-hydrogen) atoms. The van der Waals surface area contributed by atoms with E-state index < -0.39 is 10.0 Å². The number of anilines is 1. The van der Waals surface area contributed by atoms with Gasteiger partial charge in [0.15, 0.2) is 0 Å². The van der Waals surface area contributed by atoms with Crippen LogP contribution in [-0.2, 0) is 20.6 Å². The second-order valence-corrected chi connectivity index (χ2v) is 10.3. The number of piperazine rings is 1. The summed E-state index contributed by atoms with van der Waals surface area (Å²) in [5.74, 6) is 0.898. The van der Waals surface area contributed by atoms with Gasteiger partial charge in [0.25, 0.3) is 0 Å². The molecule has 1 N–H and O–H groups in total. The topological polar surface area (TPSA) is 69.7 Å². The molecule has 0 saturated carbocycles. The quantitative estimate of drug-likeness (QED) is 0.697. The van der Waals surface area contributed by atoms with Crippen LogP contribution in [-0.4, -0.2) is 62.5 Å². The average Bonchev–Trinajstić information content (AvgIpc) is 2.70. The Labute approximate surface area is 181 Å². The predicted molar refractivity (Wildman–Crippen MR) is 119 cm³/mol. The lowest BCUT2D eigenvalue weighted by Gasteiger charge is -2.31. The maximum atomic E-state index is 12.7. The summed E-state index contributed by atoms with van der Waals surface area (Å²) >= 11 is 7.37. The summed E-state index contributed by atoms with van der Waals surface area (Å²) in [5, 5.41) is 3.49. The van der Waals surface area contributed by atoms with Crippen LogP contribution < -0.4 is 5.32 Å². The highest BCUT2D eigenvalue weighted by molar-refractivity contribution is 7.99. The Morgan fingerprint density at radius 2 is 1.66 bits per heavy atom. The molecule has 0 spiro atoms. The van der Waals surface area contributed by atoms with Crippen LogP contribution >= 0.6 is 23.4 Å². The summed E-state index contributed by atoms with van der Waals surface area (Å²) < 4.78 is 27.0. The number of nitrogens with zero attached hydrogens (tertiary/aromatic N) is 2. The number of benzene rings is 2. The van der Waals surface area contributed by atoms with Crippen molar-refractivity contribution in [3.63, 3.8) is 0 Å². The van der Waals surface area contributed by atoms with Gasteiger partial charge in [0.05, 0.1) is 10.6 Å². The number of nitrogens with one attached hydrogen (secondary N) is 1. The first-order valence-electron chi connectivity index (χ1n) is 9.25. The van der Waals surface area contributed by atoms with E-state index in [9.17, 15) is 13.2 Å². The van der Waals surface area contributed by atoms with Crippen molar-refractivity contribution < 1.29 is 13.2 Å². The Balaban J connectivity index is 1.50. The van der Waals surface area contributed by atoms with Crippen LogP contribution in [0.15, 0.2) is 53.4 Å². The van der Waals surface area contributed by atoms with Crippen molar-refractivity contribution in [3.8, 4) is 0 Å². The van der Waals surface area contributed by atoms with Crippen molar-refractivity contribution in [1.82, 2.24) is 9.21 Å². The Morgan fingerprint density at radius 3 is 2.28 bits per heavy atom. The van der Waals surface area contributed by atoms with Crippen molar-refractivity contribution in [3.05, 3.63) is 59.1 Å².